The van der Waals surface area contributed by atoms with Crippen molar-refractivity contribution < 1.29 is 19.2 Å². The minimum absolute atomic E-state index is 0.211. The molecule has 1 spiro atoms. The highest BCUT2D eigenvalue weighted by Crippen LogP contribution is 2.49. The number of amides is 2. The zero-order valence-corrected chi connectivity index (χ0v) is 16.6. The van der Waals surface area contributed by atoms with E-state index in [9.17, 15) is 9.59 Å². The van der Waals surface area contributed by atoms with Gasteiger partial charge in [-0.2, -0.15) is 5.06 Å². The molecule has 2 aliphatic rings. The number of carbonyl (C=O) groups is 2. The fourth-order valence-corrected chi connectivity index (χ4v) is 3.85. The molecule has 0 bridgehead atoms. The van der Waals surface area contributed by atoms with Crippen LogP contribution in [-0.2, 0) is 27.6 Å². The second-order valence-electron chi connectivity index (χ2n) is 7.66. The molecule has 0 radical (unpaired) electrons. The molecule has 0 N–H and O–H groups in total. The van der Waals surface area contributed by atoms with Gasteiger partial charge in [-0.05, 0) is 30.9 Å². The Hall–Kier alpha value is -2.86. The van der Waals surface area contributed by atoms with Gasteiger partial charge in [-0.1, -0.05) is 60.7 Å². The van der Waals surface area contributed by atoms with Crippen molar-refractivity contribution in [1.82, 2.24) is 9.96 Å². The van der Waals surface area contributed by atoms with Crippen molar-refractivity contribution in [1.29, 1.82) is 0 Å². The average molecular weight is 394 g/mol. The van der Waals surface area contributed by atoms with Gasteiger partial charge in [0.2, 0.25) is 0 Å². The van der Waals surface area contributed by atoms with Gasteiger partial charge < -0.3 is 9.64 Å². The summed E-state index contributed by atoms with van der Waals surface area (Å²) < 4.78 is 5.54. The first-order valence-electron chi connectivity index (χ1n) is 10.1. The molecule has 29 heavy (non-hydrogen) atoms. The van der Waals surface area contributed by atoms with Crippen LogP contribution < -0.4 is 0 Å². The number of hydrogen-bond donors (Lipinski definition) is 0. The van der Waals surface area contributed by atoms with Gasteiger partial charge in [-0.15, -0.1) is 0 Å². The average Bonchev–Trinajstić information content (AvgIpc) is 3.53. The summed E-state index contributed by atoms with van der Waals surface area (Å²) >= 11 is 0. The number of likely N-dealkylation sites (N-methyl/N-ethyl adjacent to an activating group) is 1. The predicted octanol–water partition coefficient (Wildman–Crippen LogP) is 3.91. The first-order chi connectivity index (χ1) is 14.1. The van der Waals surface area contributed by atoms with Crippen molar-refractivity contribution in [2.75, 3.05) is 6.54 Å². The summed E-state index contributed by atoms with van der Waals surface area (Å²) in [6.45, 7) is 2.83. The smallest absolute Gasteiger partial charge is 0.345 e. The van der Waals surface area contributed by atoms with Gasteiger partial charge in [0.1, 0.15) is 19.3 Å². The van der Waals surface area contributed by atoms with Gasteiger partial charge in [0.15, 0.2) is 0 Å². The van der Waals surface area contributed by atoms with E-state index in [1.807, 2.05) is 67.6 Å². The van der Waals surface area contributed by atoms with E-state index in [0.717, 1.165) is 24.0 Å². The molecule has 1 aliphatic heterocycles. The van der Waals surface area contributed by atoms with Crippen LogP contribution in [0.5, 0.6) is 0 Å². The number of urea groups is 1. The molecule has 2 aromatic rings. The monoisotopic (exact) mass is 394 g/mol. The number of carbonyl (C=O) groups excluding carboxylic acids is 2. The van der Waals surface area contributed by atoms with Crippen LogP contribution in [0.15, 0.2) is 60.7 Å². The fourth-order valence-electron chi connectivity index (χ4n) is 3.85. The van der Waals surface area contributed by atoms with E-state index in [2.05, 4.69) is 0 Å². The highest BCUT2D eigenvalue weighted by atomic mass is 16.7. The maximum absolute atomic E-state index is 13.1. The van der Waals surface area contributed by atoms with Crippen LogP contribution in [-0.4, -0.2) is 40.1 Å². The third-order valence-electron chi connectivity index (χ3n) is 5.67. The molecular formula is C23H26N2O4. The van der Waals surface area contributed by atoms with E-state index in [1.54, 1.807) is 4.90 Å². The summed E-state index contributed by atoms with van der Waals surface area (Å²) in [5.74, 6) is -0.349. The highest BCUT2D eigenvalue weighted by Gasteiger charge is 2.59. The third-order valence-corrected chi connectivity index (χ3v) is 5.67. The predicted molar refractivity (Wildman–Crippen MR) is 107 cm³/mol. The Balaban J connectivity index is 1.43. The Labute approximate surface area is 171 Å². The van der Waals surface area contributed by atoms with Gasteiger partial charge >= 0.3 is 12.0 Å². The van der Waals surface area contributed by atoms with Crippen LogP contribution in [0, 0.1) is 0 Å². The maximum atomic E-state index is 13.1. The van der Waals surface area contributed by atoms with Crippen molar-refractivity contribution in [2.45, 2.75) is 51.0 Å². The molecule has 1 atom stereocenters. The Bertz CT molecular complexity index is 852. The van der Waals surface area contributed by atoms with Crippen LogP contribution in [0.4, 0.5) is 4.79 Å². The van der Waals surface area contributed by atoms with E-state index >= 15 is 0 Å². The quantitative estimate of drug-likeness (QED) is 0.668. The number of rotatable bonds is 7. The number of ether oxygens (including phenoxy) is 1. The van der Waals surface area contributed by atoms with E-state index in [0.29, 0.717) is 19.6 Å². The molecule has 4 rings (SSSR count). The van der Waals surface area contributed by atoms with Crippen LogP contribution in [0.3, 0.4) is 0 Å². The van der Waals surface area contributed by atoms with Crippen molar-refractivity contribution in [3.63, 3.8) is 0 Å². The van der Waals surface area contributed by atoms with Crippen LogP contribution in [0.25, 0.3) is 0 Å². The largest absolute Gasteiger partial charge is 0.459 e. The Morgan fingerprint density at radius 3 is 2.14 bits per heavy atom. The Morgan fingerprint density at radius 1 is 1.00 bits per heavy atom. The molecule has 6 nitrogen and oxygen atoms in total. The van der Waals surface area contributed by atoms with E-state index in [-0.39, 0.29) is 18.6 Å². The molecule has 152 valence electrons. The zero-order valence-electron chi connectivity index (χ0n) is 16.6. The van der Waals surface area contributed by atoms with Crippen molar-refractivity contribution in [3.8, 4) is 0 Å². The number of esters is 1. The lowest BCUT2D eigenvalue weighted by Gasteiger charge is -2.44. The molecule has 2 fully saturated rings. The molecule has 2 aromatic carbocycles. The number of benzene rings is 2. The second kappa shape index (κ2) is 8.25. The lowest BCUT2D eigenvalue weighted by atomic mass is 10.0. The van der Waals surface area contributed by atoms with E-state index in [4.69, 9.17) is 9.57 Å². The summed E-state index contributed by atoms with van der Waals surface area (Å²) in [5.41, 5.74) is 1.54. The summed E-state index contributed by atoms with van der Waals surface area (Å²) in [6.07, 6.45) is 2.22. The van der Waals surface area contributed by atoms with Gasteiger partial charge in [0, 0.05) is 13.0 Å². The van der Waals surface area contributed by atoms with Crippen molar-refractivity contribution in [2.24, 2.45) is 0 Å². The molecular weight excluding hydrogens is 368 g/mol. The lowest BCUT2D eigenvalue weighted by molar-refractivity contribution is -0.195. The molecule has 2 amide bonds. The second-order valence-corrected chi connectivity index (χ2v) is 7.66. The van der Waals surface area contributed by atoms with Crippen molar-refractivity contribution >= 4 is 12.0 Å². The van der Waals surface area contributed by atoms with Gasteiger partial charge in [-0.3, -0.25) is 4.84 Å². The summed E-state index contributed by atoms with van der Waals surface area (Å²) in [5, 5.41) is 1.50. The van der Waals surface area contributed by atoms with Crippen LogP contribution in [0.1, 0.15) is 37.3 Å². The van der Waals surface area contributed by atoms with Gasteiger partial charge in [-0.25, -0.2) is 9.59 Å². The van der Waals surface area contributed by atoms with E-state index < -0.39 is 11.6 Å². The highest BCUT2D eigenvalue weighted by molar-refractivity contribution is 5.85. The van der Waals surface area contributed by atoms with E-state index in [1.165, 1.54) is 5.06 Å². The minimum Gasteiger partial charge on any atom is -0.459 e. The van der Waals surface area contributed by atoms with Gasteiger partial charge in [0.25, 0.3) is 0 Å². The molecule has 1 saturated heterocycles. The van der Waals surface area contributed by atoms with Crippen molar-refractivity contribution in [3.05, 3.63) is 71.8 Å². The Morgan fingerprint density at radius 2 is 1.59 bits per heavy atom. The van der Waals surface area contributed by atoms with Crippen LogP contribution in [0.2, 0.25) is 0 Å². The molecule has 1 aliphatic carbocycles. The number of hydroxylamine groups is 2. The topological polar surface area (TPSA) is 59.1 Å². The third kappa shape index (κ3) is 4.12. The normalized spacial score (nSPS) is 20.0. The number of nitrogens with zero attached hydrogens (tertiary/aromatic N) is 2. The number of hydrogen-bond acceptors (Lipinski definition) is 4. The molecule has 1 heterocycles. The van der Waals surface area contributed by atoms with Gasteiger partial charge in [0.05, 0.1) is 5.54 Å². The molecule has 6 heteroatoms. The summed E-state index contributed by atoms with van der Waals surface area (Å²) in [6, 6.07) is 18.5. The van der Waals surface area contributed by atoms with Crippen LogP contribution >= 0.6 is 0 Å². The molecule has 0 aromatic heterocycles. The lowest BCUT2D eigenvalue weighted by Crippen LogP contribution is -2.62. The minimum atomic E-state index is -0.574. The first-order valence-corrected chi connectivity index (χ1v) is 10.1. The first kappa shape index (κ1) is 19.5. The molecule has 0 unspecified atom stereocenters. The summed E-state index contributed by atoms with van der Waals surface area (Å²) in [4.78, 5) is 33.4. The standard InChI is InChI=1S/C23H26N2O4/c1-2-24-20(21(26)28-16-18-9-5-3-6-10-18)15-23(13-14-23)25(22(24)27)29-17-19-11-7-4-8-12-19/h3-12,20H,2,13-17H2,1H3/t20-/m0/s1. The SMILES string of the molecule is CCN1C(=O)N(OCc2ccccc2)C2(CC2)C[C@H]1C(=O)OCc1ccccc1. The molecule has 1 saturated carbocycles. The maximum Gasteiger partial charge on any atom is 0.345 e. The zero-order chi connectivity index (χ0) is 20.3. The fraction of sp³-hybridized carbons (Fsp3) is 0.391. The summed E-state index contributed by atoms with van der Waals surface area (Å²) in [7, 11) is 0. The Kier molecular flexibility index (Phi) is 5.53.